The quantitative estimate of drug-likeness (QED) is 0.261. The smallest absolute Gasteiger partial charge is 0.337 e. The summed E-state index contributed by atoms with van der Waals surface area (Å²) in [5.74, 6) is -0.362. The molecule has 2 atom stereocenters. The van der Waals surface area contributed by atoms with Crippen LogP contribution in [0.2, 0.25) is 0 Å². The SMILES string of the molecule is C=CC(c1ccccc1)[N+](C)(C)C(C)OC(=O)C(=C)C. The molecule has 0 fully saturated rings. The number of carbonyl (C=O) groups is 1. The van der Waals surface area contributed by atoms with E-state index in [0.717, 1.165) is 5.56 Å². The van der Waals surface area contributed by atoms with Crippen LogP contribution in [0.3, 0.4) is 0 Å². The summed E-state index contributed by atoms with van der Waals surface area (Å²) in [5.41, 5.74) is 1.55. The van der Waals surface area contributed by atoms with Crippen molar-refractivity contribution in [3.63, 3.8) is 0 Å². The summed E-state index contributed by atoms with van der Waals surface area (Å²) in [7, 11) is 4.05. The number of likely N-dealkylation sites (N-methyl/N-ethyl adjacent to an activating group) is 1. The molecule has 1 aromatic rings. The average Bonchev–Trinajstić information content (AvgIpc) is 2.40. The van der Waals surface area contributed by atoms with Crippen molar-refractivity contribution >= 4 is 5.97 Å². The second kappa shape index (κ2) is 6.53. The van der Waals surface area contributed by atoms with E-state index in [1.165, 1.54) is 0 Å². The van der Waals surface area contributed by atoms with Crippen molar-refractivity contribution in [1.82, 2.24) is 0 Å². The van der Waals surface area contributed by atoms with Gasteiger partial charge in [0, 0.05) is 18.1 Å². The van der Waals surface area contributed by atoms with E-state index in [9.17, 15) is 4.79 Å². The molecule has 0 saturated heterocycles. The third-order valence-electron chi connectivity index (χ3n) is 3.64. The van der Waals surface area contributed by atoms with Crippen LogP contribution in [-0.2, 0) is 9.53 Å². The molecule has 0 aromatic heterocycles. The summed E-state index contributed by atoms with van der Waals surface area (Å²) in [6.45, 7) is 11.1. The number of rotatable bonds is 6. The van der Waals surface area contributed by atoms with Crippen molar-refractivity contribution < 1.29 is 14.0 Å². The minimum absolute atomic E-state index is 0.0455. The maximum absolute atomic E-state index is 11.7. The maximum Gasteiger partial charge on any atom is 0.337 e. The van der Waals surface area contributed by atoms with Crippen LogP contribution >= 0.6 is 0 Å². The van der Waals surface area contributed by atoms with Gasteiger partial charge in [-0.25, -0.2) is 4.79 Å². The third-order valence-corrected chi connectivity index (χ3v) is 3.64. The molecule has 0 amide bonds. The Balaban J connectivity index is 2.97. The number of hydrogen-bond acceptors (Lipinski definition) is 2. The van der Waals surface area contributed by atoms with Crippen LogP contribution in [0.15, 0.2) is 55.1 Å². The molecule has 0 aliphatic rings. The van der Waals surface area contributed by atoms with Gasteiger partial charge in [0.2, 0.25) is 6.23 Å². The summed E-state index contributed by atoms with van der Waals surface area (Å²) in [4.78, 5) is 11.7. The van der Waals surface area contributed by atoms with Crippen molar-refractivity contribution in [2.24, 2.45) is 0 Å². The Labute approximate surface area is 121 Å². The van der Waals surface area contributed by atoms with Gasteiger partial charge in [-0.3, -0.25) is 4.48 Å². The summed E-state index contributed by atoms with van der Waals surface area (Å²) < 4.78 is 5.95. The first-order valence-corrected chi connectivity index (χ1v) is 6.68. The summed E-state index contributed by atoms with van der Waals surface area (Å²) in [6, 6.07) is 10.1. The summed E-state index contributed by atoms with van der Waals surface area (Å²) >= 11 is 0. The number of nitrogens with zero attached hydrogens (tertiary/aromatic N) is 1. The first kappa shape index (κ1) is 16.2. The van der Waals surface area contributed by atoms with Gasteiger partial charge in [0.25, 0.3) is 0 Å². The minimum Gasteiger partial charge on any atom is -0.409 e. The van der Waals surface area contributed by atoms with Crippen LogP contribution in [0.1, 0.15) is 25.5 Å². The van der Waals surface area contributed by atoms with E-state index in [1.807, 2.05) is 45.3 Å². The standard InChI is InChI=1S/C17H24NO2/c1-7-16(15-11-9-8-10-12-15)18(5,6)14(4)20-17(19)13(2)3/h7-12,14,16H,1-2H2,3-6H3/q+1. The fourth-order valence-corrected chi connectivity index (χ4v) is 2.06. The summed E-state index contributed by atoms with van der Waals surface area (Å²) in [6.07, 6.45) is 1.59. The lowest BCUT2D eigenvalue weighted by Crippen LogP contribution is -2.51. The van der Waals surface area contributed by atoms with E-state index in [-0.39, 0.29) is 18.2 Å². The summed E-state index contributed by atoms with van der Waals surface area (Å²) in [5, 5.41) is 0. The van der Waals surface area contributed by atoms with Crippen LogP contribution in [0.25, 0.3) is 0 Å². The normalized spacial score (nSPS) is 14.2. The second-order valence-electron chi connectivity index (χ2n) is 5.51. The van der Waals surface area contributed by atoms with Gasteiger partial charge < -0.3 is 4.74 Å². The van der Waals surface area contributed by atoms with Crippen LogP contribution in [0.5, 0.6) is 0 Å². The molecule has 1 aromatic carbocycles. The van der Waals surface area contributed by atoms with E-state index in [4.69, 9.17) is 4.74 Å². The highest BCUT2D eigenvalue weighted by molar-refractivity contribution is 5.86. The Kier molecular flexibility index (Phi) is 5.28. The lowest BCUT2D eigenvalue weighted by atomic mass is 10.0. The van der Waals surface area contributed by atoms with Gasteiger partial charge in [-0.05, 0) is 13.0 Å². The third kappa shape index (κ3) is 3.58. The number of benzene rings is 1. The predicted octanol–water partition coefficient (Wildman–Crippen LogP) is 3.46. The molecule has 3 nitrogen and oxygen atoms in total. The Morgan fingerprint density at radius 1 is 1.30 bits per heavy atom. The van der Waals surface area contributed by atoms with Crippen LogP contribution in [0.4, 0.5) is 0 Å². The molecular formula is C17H24NO2+. The molecule has 1 rings (SSSR count). The average molecular weight is 274 g/mol. The minimum atomic E-state index is -0.362. The number of esters is 1. The van der Waals surface area contributed by atoms with Gasteiger partial charge >= 0.3 is 5.97 Å². The predicted molar refractivity (Wildman–Crippen MR) is 81.9 cm³/mol. The Morgan fingerprint density at radius 3 is 2.30 bits per heavy atom. The largest absolute Gasteiger partial charge is 0.409 e. The molecule has 3 heteroatoms. The van der Waals surface area contributed by atoms with Crippen molar-refractivity contribution in [3.05, 3.63) is 60.7 Å². The van der Waals surface area contributed by atoms with Gasteiger partial charge in [0.1, 0.15) is 6.04 Å². The Morgan fingerprint density at radius 2 is 1.85 bits per heavy atom. The molecule has 0 N–H and O–H groups in total. The molecule has 0 spiro atoms. The van der Waals surface area contributed by atoms with Gasteiger partial charge in [0.05, 0.1) is 14.1 Å². The fraction of sp³-hybridized carbons (Fsp3) is 0.353. The van der Waals surface area contributed by atoms with E-state index < -0.39 is 0 Å². The zero-order chi connectivity index (χ0) is 15.3. The molecule has 0 radical (unpaired) electrons. The van der Waals surface area contributed by atoms with E-state index in [1.54, 1.807) is 6.92 Å². The van der Waals surface area contributed by atoms with E-state index >= 15 is 0 Å². The van der Waals surface area contributed by atoms with E-state index in [2.05, 4.69) is 25.3 Å². The topological polar surface area (TPSA) is 26.3 Å². The fourth-order valence-electron chi connectivity index (χ4n) is 2.06. The van der Waals surface area contributed by atoms with Crippen LogP contribution < -0.4 is 0 Å². The molecule has 20 heavy (non-hydrogen) atoms. The van der Waals surface area contributed by atoms with Crippen molar-refractivity contribution in [3.8, 4) is 0 Å². The van der Waals surface area contributed by atoms with E-state index in [0.29, 0.717) is 10.1 Å². The molecule has 2 unspecified atom stereocenters. The second-order valence-corrected chi connectivity index (χ2v) is 5.51. The zero-order valence-corrected chi connectivity index (χ0v) is 12.8. The molecule has 108 valence electrons. The number of carbonyl (C=O) groups excluding carboxylic acids is 1. The lowest BCUT2D eigenvalue weighted by molar-refractivity contribution is -0.954. The molecular weight excluding hydrogens is 250 g/mol. The molecule has 0 bridgehead atoms. The number of quaternary nitrogens is 1. The Bertz CT molecular complexity index is 491. The number of hydrogen-bond donors (Lipinski definition) is 0. The van der Waals surface area contributed by atoms with Gasteiger partial charge in [0.15, 0.2) is 0 Å². The highest BCUT2D eigenvalue weighted by atomic mass is 16.6. The molecule has 0 saturated carbocycles. The van der Waals surface area contributed by atoms with Crippen molar-refractivity contribution in [1.29, 1.82) is 0 Å². The molecule has 0 aliphatic carbocycles. The zero-order valence-electron chi connectivity index (χ0n) is 12.8. The number of ether oxygens (including phenoxy) is 1. The monoisotopic (exact) mass is 274 g/mol. The van der Waals surface area contributed by atoms with Crippen LogP contribution in [-0.4, -0.2) is 30.8 Å². The van der Waals surface area contributed by atoms with Gasteiger partial charge in [-0.15, -0.1) is 0 Å². The first-order valence-electron chi connectivity index (χ1n) is 6.68. The van der Waals surface area contributed by atoms with Crippen LogP contribution in [0, 0.1) is 0 Å². The van der Waals surface area contributed by atoms with Crippen molar-refractivity contribution in [2.75, 3.05) is 14.1 Å². The van der Waals surface area contributed by atoms with Gasteiger partial charge in [-0.2, -0.15) is 0 Å². The first-order chi connectivity index (χ1) is 9.30. The highest BCUT2D eigenvalue weighted by Gasteiger charge is 2.35. The highest BCUT2D eigenvalue weighted by Crippen LogP contribution is 2.29. The van der Waals surface area contributed by atoms with Gasteiger partial charge in [-0.1, -0.05) is 43.5 Å². The maximum atomic E-state index is 11.7. The molecule has 0 aliphatic heterocycles. The van der Waals surface area contributed by atoms with Crippen molar-refractivity contribution in [2.45, 2.75) is 26.1 Å². The molecule has 0 heterocycles. The Hall–Kier alpha value is -1.87. The lowest BCUT2D eigenvalue weighted by Gasteiger charge is -2.40.